The SMILES string of the molecule is CC(C)CC(=O)N1Cc2ccccc2CC1C(=O)NCCCN. The number of amides is 2. The number of rotatable bonds is 6. The first kappa shape index (κ1) is 17.5. The molecule has 0 bridgehead atoms. The highest BCUT2D eigenvalue weighted by Crippen LogP contribution is 2.24. The summed E-state index contributed by atoms with van der Waals surface area (Å²) in [7, 11) is 0. The first-order chi connectivity index (χ1) is 11.0. The molecule has 5 heteroatoms. The van der Waals surface area contributed by atoms with Crippen LogP contribution < -0.4 is 11.1 Å². The van der Waals surface area contributed by atoms with Gasteiger partial charge in [-0.15, -0.1) is 0 Å². The molecule has 0 radical (unpaired) electrons. The van der Waals surface area contributed by atoms with Gasteiger partial charge in [0.1, 0.15) is 6.04 Å². The van der Waals surface area contributed by atoms with Crippen LogP contribution in [0, 0.1) is 5.92 Å². The summed E-state index contributed by atoms with van der Waals surface area (Å²) in [5.74, 6) is 0.249. The summed E-state index contributed by atoms with van der Waals surface area (Å²) in [6, 6.07) is 7.61. The van der Waals surface area contributed by atoms with Gasteiger partial charge in [0.2, 0.25) is 11.8 Å². The zero-order valence-electron chi connectivity index (χ0n) is 14.0. The maximum atomic E-state index is 12.6. The highest BCUT2D eigenvalue weighted by atomic mass is 16.2. The van der Waals surface area contributed by atoms with Crippen molar-refractivity contribution in [2.75, 3.05) is 13.1 Å². The van der Waals surface area contributed by atoms with Crippen LogP contribution in [0.1, 0.15) is 37.8 Å². The quantitative estimate of drug-likeness (QED) is 0.780. The van der Waals surface area contributed by atoms with Gasteiger partial charge < -0.3 is 16.0 Å². The monoisotopic (exact) mass is 317 g/mol. The molecule has 0 aliphatic carbocycles. The summed E-state index contributed by atoms with van der Waals surface area (Å²) in [6.07, 6.45) is 1.79. The fraction of sp³-hybridized carbons (Fsp3) is 0.556. The fourth-order valence-corrected chi connectivity index (χ4v) is 2.92. The lowest BCUT2D eigenvalue weighted by Gasteiger charge is -2.36. The van der Waals surface area contributed by atoms with Crippen molar-refractivity contribution in [1.82, 2.24) is 10.2 Å². The van der Waals surface area contributed by atoms with Crippen molar-refractivity contribution in [2.24, 2.45) is 11.7 Å². The third kappa shape index (κ3) is 4.55. The Hall–Kier alpha value is -1.88. The minimum Gasteiger partial charge on any atom is -0.354 e. The second kappa shape index (κ2) is 8.11. The molecule has 5 nitrogen and oxygen atoms in total. The van der Waals surface area contributed by atoms with Gasteiger partial charge in [0.25, 0.3) is 0 Å². The van der Waals surface area contributed by atoms with E-state index in [1.165, 1.54) is 0 Å². The number of carbonyl (C=O) groups excluding carboxylic acids is 2. The lowest BCUT2D eigenvalue weighted by Crippen LogP contribution is -2.53. The molecule has 2 rings (SSSR count). The van der Waals surface area contributed by atoms with E-state index in [1.807, 2.05) is 38.1 Å². The molecule has 0 aromatic heterocycles. The Morgan fingerprint density at radius 1 is 1.30 bits per heavy atom. The van der Waals surface area contributed by atoms with Crippen LogP contribution in [0.15, 0.2) is 24.3 Å². The highest BCUT2D eigenvalue weighted by Gasteiger charge is 2.34. The molecule has 1 unspecified atom stereocenters. The van der Waals surface area contributed by atoms with Crippen molar-refractivity contribution in [2.45, 2.75) is 45.7 Å². The van der Waals surface area contributed by atoms with Gasteiger partial charge in [-0.2, -0.15) is 0 Å². The number of nitrogens with zero attached hydrogens (tertiary/aromatic N) is 1. The standard InChI is InChI=1S/C18H27N3O2/c1-13(2)10-17(22)21-12-15-7-4-3-6-14(15)11-16(21)18(23)20-9-5-8-19/h3-4,6-7,13,16H,5,8-12,19H2,1-2H3,(H,20,23). The molecule has 1 aliphatic rings. The predicted octanol–water partition coefficient (Wildman–Crippen LogP) is 1.45. The van der Waals surface area contributed by atoms with E-state index in [0.717, 1.165) is 17.5 Å². The molecule has 23 heavy (non-hydrogen) atoms. The van der Waals surface area contributed by atoms with Crippen molar-refractivity contribution < 1.29 is 9.59 Å². The topological polar surface area (TPSA) is 75.4 Å². The van der Waals surface area contributed by atoms with Crippen LogP contribution in [-0.4, -0.2) is 35.8 Å². The largest absolute Gasteiger partial charge is 0.354 e. The summed E-state index contributed by atoms with van der Waals surface area (Å²) < 4.78 is 0. The average Bonchev–Trinajstić information content (AvgIpc) is 2.53. The Kier molecular flexibility index (Phi) is 6.16. The minimum atomic E-state index is -0.422. The Labute approximate surface area is 138 Å². The molecule has 2 amide bonds. The molecule has 1 heterocycles. The third-order valence-electron chi connectivity index (χ3n) is 4.13. The van der Waals surface area contributed by atoms with Gasteiger partial charge in [-0.05, 0) is 30.0 Å². The van der Waals surface area contributed by atoms with Crippen LogP contribution in [0.25, 0.3) is 0 Å². The van der Waals surface area contributed by atoms with Crippen molar-refractivity contribution in [1.29, 1.82) is 0 Å². The molecular weight excluding hydrogens is 290 g/mol. The molecule has 0 spiro atoms. The normalized spacial score (nSPS) is 17.0. The number of nitrogens with two attached hydrogens (primary N) is 1. The van der Waals surface area contributed by atoms with E-state index in [4.69, 9.17) is 5.73 Å². The molecule has 1 aliphatic heterocycles. The van der Waals surface area contributed by atoms with Gasteiger partial charge in [-0.25, -0.2) is 0 Å². The maximum absolute atomic E-state index is 12.6. The zero-order chi connectivity index (χ0) is 16.8. The smallest absolute Gasteiger partial charge is 0.243 e. The van der Waals surface area contributed by atoms with Gasteiger partial charge in [0, 0.05) is 25.9 Å². The number of hydrogen-bond acceptors (Lipinski definition) is 3. The van der Waals surface area contributed by atoms with Crippen LogP contribution in [0.5, 0.6) is 0 Å². The van der Waals surface area contributed by atoms with Crippen LogP contribution >= 0.6 is 0 Å². The summed E-state index contributed by atoms with van der Waals surface area (Å²) >= 11 is 0. The molecule has 1 aromatic rings. The van der Waals surface area contributed by atoms with Crippen molar-refractivity contribution in [3.8, 4) is 0 Å². The van der Waals surface area contributed by atoms with E-state index in [9.17, 15) is 9.59 Å². The molecule has 0 saturated carbocycles. The molecule has 0 fully saturated rings. The van der Waals surface area contributed by atoms with E-state index in [0.29, 0.717) is 32.5 Å². The lowest BCUT2D eigenvalue weighted by molar-refractivity contribution is -0.142. The summed E-state index contributed by atoms with van der Waals surface area (Å²) in [5, 5.41) is 2.91. The second-order valence-corrected chi connectivity index (χ2v) is 6.54. The van der Waals surface area contributed by atoms with E-state index in [-0.39, 0.29) is 17.7 Å². The van der Waals surface area contributed by atoms with Gasteiger partial charge in [-0.1, -0.05) is 38.1 Å². The summed E-state index contributed by atoms with van der Waals surface area (Å²) in [4.78, 5) is 26.9. The predicted molar refractivity (Wildman–Crippen MR) is 90.6 cm³/mol. The number of fused-ring (bicyclic) bond motifs is 1. The first-order valence-corrected chi connectivity index (χ1v) is 8.37. The van der Waals surface area contributed by atoms with Crippen molar-refractivity contribution in [3.05, 3.63) is 35.4 Å². The van der Waals surface area contributed by atoms with Crippen LogP contribution in [0.3, 0.4) is 0 Å². The molecule has 0 saturated heterocycles. The van der Waals surface area contributed by atoms with Gasteiger partial charge in [0.15, 0.2) is 0 Å². The Morgan fingerprint density at radius 3 is 2.65 bits per heavy atom. The summed E-state index contributed by atoms with van der Waals surface area (Å²) in [6.45, 7) is 5.65. The summed E-state index contributed by atoms with van der Waals surface area (Å²) in [5.41, 5.74) is 7.76. The number of nitrogens with one attached hydrogen (secondary N) is 1. The van der Waals surface area contributed by atoms with Crippen LogP contribution in [0.4, 0.5) is 0 Å². The van der Waals surface area contributed by atoms with Gasteiger partial charge >= 0.3 is 0 Å². The van der Waals surface area contributed by atoms with Crippen LogP contribution in [0.2, 0.25) is 0 Å². The molecule has 1 aromatic carbocycles. The van der Waals surface area contributed by atoms with Gasteiger partial charge in [-0.3, -0.25) is 9.59 Å². The average molecular weight is 317 g/mol. The van der Waals surface area contributed by atoms with E-state index >= 15 is 0 Å². The van der Waals surface area contributed by atoms with Crippen LogP contribution in [-0.2, 0) is 22.6 Å². The highest BCUT2D eigenvalue weighted by molar-refractivity contribution is 5.88. The molecule has 1 atom stereocenters. The molecule has 126 valence electrons. The Bertz CT molecular complexity index is 557. The number of carbonyl (C=O) groups is 2. The van der Waals surface area contributed by atoms with Crippen molar-refractivity contribution in [3.63, 3.8) is 0 Å². The molecular formula is C18H27N3O2. The Morgan fingerprint density at radius 2 is 2.00 bits per heavy atom. The molecule has 3 N–H and O–H groups in total. The minimum absolute atomic E-state index is 0.0495. The van der Waals surface area contributed by atoms with Crippen molar-refractivity contribution >= 4 is 11.8 Å². The lowest BCUT2D eigenvalue weighted by atomic mass is 9.92. The maximum Gasteiger partial charge on any atom is 0.243 e. The third-order valence-corrected chi connectivity index (χ3v) is 4.13. The number of benzene rings is 1. The second-order valence-electron chi connectivity index (χ2n) is 6.54. The zero-order valence-corrected chi connectivity index (χ0v) is 14.0. The van der Waals surface area contributed by atoms with E-state index < -0.39 is 6.04 Å². The van der Waals surface area contributed by atoms with E-state index in [1.54, 1.807) is 4.90 Å². The van der Waals surface area contributed by atoms with E-state index in [2.05, 4.69) is 5.32 Å². The Balaban J connectivity index is 2.17. The fourth-order valence-electron chi connectivity index (χ4n) is 2.92. The first-order valence-electron chi connectivity index (χ1n) is 8.37. The number of hydrogen-bond donors (Lipinski definition) is 2. The van der Waals surface area contributed by atoms with Gasteiger partial charge in [0.05, 0.1) is 0 Å².